The van der Waals surface area contributed by atoms with E-state index in [0.717, 1.165) is 0 Å². The van der Waals surface area contributed by atoms with E-state index in [9.17, 15) is 0 Å². The summed E-state index contributed by atoms with van der Waals surface area (Å²) in [6.07, 6.45) is 7.00. The van der Waals surface area contributed by atoms with Gasteiger partial charge < -0.3 is 20.6 Å². The van der Waals surface area contributed by atoms with Gasteiger partial charge in [0.2, 0.25) is 0 Å². The molecule has 0 aromatic carbocycles. The van der Waals surface area contributed by atoms with Crippen LogP contribution in [-0.4, -0.2) is 28.2 Å². The summed E-state index contributed by atoms with van der Waals surface area (Å²) in [6.45, 7) is 0. The van der Waals surface area contributed by atoms with Crippen molar-refractivity contribution in [2.45, 2.75) is 0 Å². The van der Waals surface area contributed by atoms with E-state index in [1.165, 1.54) is 0 Å². The molecule has 2 aromatic heterocycles. The van der Waals surface area contributed by atoms with Gasteiger partial charge in [-0.3, -0.25) is 0 Å². The molecule has 2 rings (SSSR count). The molecule has 0 N–H and O–H groups in total. The van der Waals surface area contributed by atoms with Crippen molar-refractivity contribution in [1.29, 1.82) is 0 Å². The van der Waals surface area contributed by atoms with Crippen LogP contribution in [0.2, 0.25) is 0 Å². The van der Waals surface area contributed by atoms with Gasteiger partial charge in [0, 0.05) is 0 Å². The number of hydrogen-bond donors (Lipinski definition) is 0. The molecule has 0 radical (unpaired) electrons. The van der Waals surface area contributed by atoms with Crippen LogP contribution in [0, 0.1) is 0 Å². The predicted octanol–water partition coefficient (Wildman–Crippen LogP) is 2.52. The van der Waals surface area contributed by atoms with Gasteiger partial charge in [-0.25, -0.2) is 0 Å². The Morgan fingerprint density at radius 1 is 0.588 bits per heavy atom. The van der Waals surface area contributed by atoms with Gasteiger partial charge in [-0.05, 0) is 0 Å². The molecular formula is C12H20N4Ti. The summed E-state index contributed by atoms with van der Waals surface area (Å²) in [5.41, 5.74) is 0. The average Bonchev–Trinajstić information content (AvgIpc) is 3.00. The third-order valence-electron chi connectivity index (χ3n) is 0.911. The summed E-state index contributed by atoms with van der Waals surface area (Å²) in [6, 6.07) is 7.56. The summed E-state index contributed by atoms with van der Waals surface area (Å²) in [5.74, 6) is 0. The van der Waals surface area contributed by atoms with Gasteiger partial charge in [0.25, 0.3) is 0 Å². The zero-order chi connectivity index (χ0) is 12.5. The SMILES string of the molecule is C[N-]C.C[N-]C.[Ti+4].c1cc[n-]c1.c1cc[n-]c1. The quantitative estimate of drug-likeness (QED) is 0.689. The first kappa shape index (κ1) is 21.5. The van der Waals surface area contributed by atoms with E-state index in [4.69, 9.17) is 0 Å². The molecule has 2 heterocycles. The molecule has 0 aliphatic carbocycles. The standard InChI is InChI=1S/2C4H4N.2C2H6N.Ti/c2*1-2-4-5-3-1;2*1-3-2;/h2*1-4H;2*1-2H3;/q4*-1;+4. The third kappa shape index (κ3) is 31.3. The summed E-state index contributed by atoms with van der Waals surface area (Å²) in [4.78, 5) is 7.44. The fraction of sp³-hybridized carbons (Fsp3) is 0.333. The van der Waals surface area contributed by atoms with Gasteiger partial charge >= 0.3 is 21.7 Å². The Labute approximate surface area is 119 Å². The maximum absolute atomic E-state index is 3.72. The number of hydrogen-bond acceptors (Lipinski definition) is 0. The average molecular weight is 268 g/mol. The summed E-state index contributed by atoms with van der Waals surface area (Å²) in [7, 11) is 7.00. The summed E-state index contributed by atoms with van der Waals surface area (Å²) >= 11 is 0. The van der Waals surface area contributed by atoms with Gasteiger partial charge in [-0.15, -0.1) is 0 Å². The second-order valence-electron chi connectivity index (χ2n) is 2.56. The van der Waals surface area contributed by atoms with Crippen molar-refractivity contribution in [3.8, 4) is 0 Å². The van der Waals surface area contributed by atoms with Gasteiger partial charge in [-0.1, -0.05) is 24.3 Å². The van der Waals surface area contributed by atoms with Gasteiger partial charge in [0.1, 0.15) is 0 Å². The maximum atomic E-state index is 3.72. The molecule has 0 spiro atoms. The molecule has 92 valence electrons. The van der Waals surface area contributed by atoms with E-state index in [-0.39, 0.29) is 21.7 Å². The van der Waals surface area contributed by atoms with Gasteiger partial charge in [-0.2, -0.15) is 53.0 Å². The van der Waals surface area contributed by atoms with Crippen molar-refractivity contribution in [2.75, 3.05) is 28.2 Å². The smallest absolute Gasteiger partial charge is 0.670 e. The van der Waals surface area contributed by atoms with Gasteiger partial charge in [0.15, 0.2) is 0 Å². The number of rotatable bonds is 0. The molecule has 0 aliphatic rings. The molecular weight excluding hydrogens is 248 g/mol. The molecule has 0 saturated heterocycles. The Bertz CT molecular complexity index is 181. The van der Waals surface area contributed by atoms with Gasteiger partial charge in [0.05, 0.1) is 0 Å². The maximum Gasteiger partial charge on any atom is 4.00 e. The molecule has 0 bridgehead atoms. The Balaban J connectivity index is -0.000000157. The minimum Gasteiger partial charge on any atom is -0.670 e. The van der Waals surface area contributed by atoms with Crippen LogP contribution in [0.5, 0.6) is 0 Å². The monoisotopic (exact) mass is 268 g/mol. The zero-order valence-corrected chi connectivity index (χ0v) is 12.5. The van der Waals surface area contributed by atoms with Crippen LogP contribution in [-0.2, 0) is 21.7 Å². The predicted molar refractivity (Wildman–Crippen MR) is 69.9 cm³/mol. The summed E-state index contributed by atoms with van der Waals surface area (Å²) in [5, 5.41) is 7.00. The third-order valence-corrected chi connectivity index (χ3v) is 0.911. The Hall–Kier alpha value is -0.806. The fourth-order valence-corrected chi connectivity index (χ4v) is 0.497. The Morgan fingerprint density at radius 3 is 0.824 bits per heavy atom. The van der Waals surface area contributed by atoms with Crippen molar-refractivity contribution >= 4 is 0 Å². The molecule has 2 aromatic rings. The Kier molecular flexibility index (Phi) is 30.9. The van der Waals surface area contributed by atoms with E-state index in [0.29, 0.717) is 0 Å². The summed E-state index contributed by atoms with van der Waals surface area (Å²) < 4.78 is 0. The first-order valence-corrected chi connectivity index (χ1v) is 4.82. The second-order valence-corrected chi connectivity index (χ2v) is 2.56. The van der Waals surface area contributed by atoms with Crippen LogP contribution in [0.1, 0.15) is 0 Å². The minimum absolute atomic E-state index is 0. The van der Waals surface area contributed by atoms with Crippen LogP contribution in [0.4, 0.5) is 0 Å². The van der Waals surface area contributed by atoms with Crippen LogP contribution in [0.3, 0.4) is 0 Å². The molecule has 0 aliphatic heterocycles. The van der Waals surface area contributed by atoms with Crippen molar-refractivity contribution in [3.63, 3.8) is 0 Å². The normalized spacial score (nSPS) is 6.82. The molecule has 4 nitrogen and oxygen atoms in total. The van der Waals surface area contributed by atoms with Crippen molar-refractivity contribution < 1.29 is 21.7 Å². The van der Waals surface area contributed by atoms with Crippen LogP contribution < -0.4 is 9.97 Å². The largest absolute Gasteiger partial charge is 4.00 e. The van der Waals surface area contributed by atoms with Crippen LogP contribution in [0.15, 0.2) is 49.1 Å². The van der Waals surface area contributed by atoms with Crippen molar-refractivity contribution in [3.05, 3.63) is 59.7 Å². The zero-order valence-electron chi connectivity index (χ0n) is 10.9. The molecule has 0 atom stereocenters. The second kappa shape index (κ2) is 24.4. The molecule has 0 fully saturated rings. The first-order valence-electron chi connectivity index (χ1n) is 4.82. The van der Waals surface area contributed by atoms with Crippen molar-refractivity contribution in [2.24, 2.45) is 0 Å². The molecule has 0 unspecified atom stereocenters. The molecule has 5 heteroatoms. The fourth-order valence-electron chi connectivity index (χ4n) is 0.497. The van der Waals surface area contributed by atoms with E-state index < -0.39 is 0 Å². The van der Waals surface area contributed by atoms with E-state index in [2.05, 4.69) is 20.6 Å². The molecule has 0 saturated carbocycles. The van der Waals surface area contributed by atoms with E-state index >= 15 is 0 Å². The first-order chi connectivity index (χ1) is 7.83. The number of nitrogens with zero attached hydrogens (tertiary/aromatic N) is 4. The van der Waals surface area contributed by atoms with Crippen LogP contribution >= 0.6 is 0 Å². The van der Waals surface area contributed by atoms with Crippen molar-refractivity contribution in [1.82, 2.24) is 9.97 Å². The number of aromatic nitrogens is 2. The molecule has 0 amide bonds. The van der Waals surface area contributed by atoms with E-state index in [1.807, 2.05) is 24.3 Å². The topological polar surface area (TPSA) is 56.4 Å². The van der Waals surface area contributed by atoms with Crippen LogP contribution in [0.25, 0.3) is 10.6 Å². The minimum atomic E-state index is 0. The van der Waals surface area contributed by atoms with E-state index in [1.54, 1.807) is 53.0 Å². The Morgan fingerprint density at radius 2 is 0.765 bits per heavy atom. The molecule has 17 heavy (non-hydrogen) atoms.